The topological polar surface area (TPSA) is 112 Å². The number of nitrogens with zero attached hydrogens (tertiary/aromatic N) is 5. The van der Waals surface area contributed by atoms with E-state index in [0.717, 1.165) is 72.6 Å². The summed E-state index contributed by atoms with van der Waals surface area (Å²) in [6, 6.07) is 58.4. The first kappa shape index (κ1) is 63.6. The number of fused-ring (bicyclic) bond motifs is 8. The van der Waals surface area contributed by atoms with Crippen molar-refractivity contribution in [2.45, 2.75) is 104 Å². The second-order valence-electron chi connectivity index (χ2n) is 22.3. The molecule has 8 heterocycles. The molecule has 0 amide bonds. The lowest BCUT2D eigenvalue weighted by atomic mass is 10.1. The Labute approximate surface area is 528 Å². The molecule has 0 atom stereocenters. The quantitative estimate of drug-likeness (QED) is 0.161. The van der Waals surface area contributed by atoms with Gasteiger partial charge in [-0.25, -0.2) is 15.0 Å². The molecule has 0 aliphatic rings. The molecule has 16 rings (SSSR count). The lowest BCUT2D eigenvalue weighted by molar-refractivity contribution is 0.561. The Kier molecular flexibility index (Phi) is 20.7. The van der Waals surface area contributed by atoms with Crippen LogP contribution in [0.1, 0.15) is 82.5 Å². The molecule has 1 N–H and O–H groups in total. The predicted molar refractivity (Wildman–Crippen MR) is 378 cm³/mol. The van der Waals surface area contributed by atoms with Gasteiger partial charge < -0.3 is 18.2 Å². The van der Waals surface area contributed by atoms with Crippen LogP contribution in [0.15, 0.2) is 189 Å². The van der Waals surface area contributed by atoms with Crippen LogP contribution in [0.3, 0.4) is 0 Å². The van der Waals surface area contributed by atoms with Crippen LogP contribution in [0.4, 0.5) is 0 Å². The first-order chi connectivity index (χ1) is 42.2. The van der Waals surface area contributed by atoms with Crippen LogP contribution in [0, 0.1) is 104 Å². The highest BCUT2D eigenvalue weighted by atomic mass is 32.1. The number of H-pyrrole nitrogens is 1. The van der Waals surface area contributed by atoms with Crippen molar-refractivity contribution in [1.82, 2.24) is 29.7 Å². The van der Waals surface area contributed by atoms with Crippen molar-refractivity contribution in [3.63, 3.8) is 0 Å². The van der Waals surface area contributed by atoms with Crippen molar-refractivity contribution < 1.29 is 13.3 Å². The maximum atomic E-state index is 5.50. The van der Waals surface area contributed by atoms with Gasteiger partial charge in [-0.1, -0.05) is 109 Å². The molecule has 0 aliphatic heterocycles. The minimum Gasteiger partial charge on any atom is -0.461 e. The highest BCUT2D eigenvalue weighted by Crippen LogP contribution is 2.30. The maximum Gasteiger partial charge on any atom is 0.192 e. The van der Waals surface area contributed by atoms with Crippen LogP contribution in [-0.4, -0.2) is 29.7 Å². The van der Waals surface area contributed by atoms with Gasteiger partial charge in [-0.15, -0.1) is 34.0 Å². The fraction of sp³-hybridized carbons (Fsp3) is 0.211. The molecular weight excluding hydrogens is 1140 g/mol. The fourth-order valence-corrected chi connectivity index (χ4v) is 13.2. The van der Waals surface area contributed by atoms with Gasteiger partial charge in [-0.2, -0.15) is 5.10 Å². The van der Waals surface area contributed by atoms with Crippen molar-refractivity contribution in [3.8, 4) is 0 Å². The first-order valence-corrected chi connectivity index (χ1v) is 31.9. The SMILES string of the molecule is Cc1cc2c(C)cccc2o1.Cc1cc2c(C)cccc2s1.Cc1cc2cccc(C)c2o1.Cc1cc2cccc(C)c2s1.Cc1cccc2nn(C)cc12.Cc1nc2c(C)cccc2[nH]1.Cc1nc2c(C)cccc2o1.Cc1nc2c(C)cccc2s1. The van der Waals surface area contributed by atoms with E-state index in [1.807, 2.05) is 143 Å². The summed E-state index contributed by atoms with van der Waals surface area (Å²) in [4.78, 5) is 19.0. The summed E-state index contributed by atoms with van der Waals surface area (Å²) >= 11 is 5.50. The standard InChI is InChI=1S/2C10H10O.2C10H10S.2C9H10N2.C9H9NO.C9H9NS/c1-7-4-3-5-10-9(7)6-8(2)11-10;1-7-4-3-5-9-6-8(2)11-10(7)9;1-7-4-3-5-10-9(7)6-8(2)11-10;1-7-4-3-5-9-6-8(2)11-10(7)9;1-7-4-3-5-9-8(7)6-11(2)10-9;1-6-4-3-5-8-9(6)11-7(2)10-8;2*1-6-4-3-5-8-9(6)10-7(2)11-8/h5*3-6H,1-2H3;3-5H,1-2H3,(H,10,11);2*3-5H,1-2H3. The number of hydrogen-bond donors (Lipinski definition) is 1. The maximum absolute atomic E-state index is 5.50. The van der Waals surface area contributed by atoms with Crippen LogP contribution in [0.25, 0.3) is 85.4 Å². The molecule has 0 saturated heterocycles. The largest absolute Gasteiger partial charge is 0.461 e. The Morgan fingerprint density at radius 3 is 1.60 bits per heavy atom. The van der Waals surface area contributed by atoms with Gasteiger partial charge >= 0.3 is 0 Å². The van der Waals surface area contributed by atoms with Gasteiger partial charge in [0.1, 0.15) is 34.0 Å². The number of furan rings is 2. The van der Waals surface area contributed by atoms with Gasteiger partial charge in [0.25, 0.3) is 0 Å². The molecule has 0 fully saturated rings. The average Bonchev–Trinajstić information content (AvgIpc) is 4.58. The van der Waals surface area contributed by atoms with Crippen LogP contribution < -0.4 is 0 Å². The van der Waals surface area contributed by atoms with Gasteiger partial charge in [-0.3, -0.25) is 4.68 Å². The number of para-hydroxylation sites is 4. The Morgan fingerprint density at radius 2 is 0.955 bits per heavy atom. The molecule has 0 radical (unpaired) electrons. The lowest BCUT2D eigenvalue weighted by Crippen LogP contribution is -1.84. The number of nitrogens with one attached hydrogen (secondary N) is 1. The van der Waals surface area contributed by atoms with Crippen LogP contribution in [-0.2, 0) is 7.05 Å². The van der Waals surface area contributed by atoms with Crippen molar-refractivity contribution in [3.05, 3.63) is 259 Å². The van der Waals surface area contributed by atoms with Crippen LogP contribution in [0.5, 0.6) is 0 Å². The highest BCUT2D eigenvalue weighted by Gasteiger charge is 2.06. The molecule has 9 nitrogen and oxygen atoms in total. The average molecular weight is 1220 g/mol. The summed E-state index contributed by atoms with van der Waals surface area (Å²) in [5, 5.41) is 11.9. The van der Waals surface area contributed by atoms with E-state index in [1.165, 1.54) is 95.3 Å². The van der Waals surface area contributed by atoms with Crippen molar-refractivity contribution in [1.29, 1.82) is 0 Å². The minimum absolute atomic E-state index is 0.731. The molecule has 0 spiro atoms. The van der Waals surface area contributed by atoms with Crippen LogP contribution >= 0.6 is 34.0 Å². The summed E-state index contributed by atoms with van der Waals surface area (Å²) < 4.78 is 22.3. The van der Waals surface area contributed by atoms with E-state index in [2.05, 4.69) is 197 Å². The van der Waals surface area contributed by atoms with Gasteiger partial charge in [0, 0.05) is 55.5 Å². The molecule has 88 heavy (non-hydrogen) atoms. The minimum atomic E-state index is 0.731. The first-order valence-electron chi connectivity index (χ1n) is 29.5. The third-order valence-corrected chi connectivity index (χ3v) is 17.9. The zero-order chi connectivity index (χ0) is 62.8. The summed E-state index contributed by atoms with van der Waals surface area (Å²) in [6.45, 7) is 30.9. The molecule has 448 valence electrons. The lowest BCUT2D eigenvalue weighted by Gasteiger charge is -1.91. The monoisotopic (exact) mass is 1220 g/mol. The molecule has 8 aromatic heterocycles. The second-order valence-corrected chi connectivity index (χ2v) is 26.1. The van der Waals surface area contributed by atoms with E-state index in [-0.39, 0.29) is 0 Å². The Balaban J connectivity index is 0.000000120. The Bertz CT molecular complexity index is 4040. The molecule has 16 aromatic rings. The van der Waals surface area contributed by atoms with Crippen molar-refractivity contribution >= 4 is 119 Å². The van der Waals surface area contributed by atoms with E-state index in [9.17, 15) is 0 Å². The van der Waals surface area contributed by atoms with E-state index in [4.69, 9.17) is 13.3 Å². The summed E-state index contributed by atoms with van der Waals surface area (Å²) in [5.74, 6) is 3.67. The van der Waals surface area contributed by atoms with E-state index in [1.54, 1.807) is 11.3 Å². The van der Waals surface area contributed by atoms with Gasteiger partial charge in [0.15, 0.2) is 11.5 Å². The number of thiophene rings is 2. The smallest absolute Gasteiger partial charge is 0.192 e. The molecule has 0 unspecified atom stereocenters. The molecule has 0 saturated carbocycles. The van der Waals surface area contributed by atoms with Gasteiger partial charge in [0.2, 0.25) is 0 Å². The number of imidazole rings is 1. The van der Waals surface area contributed by atoms with Gasteiger partial charge in [-0.05, 0) is 213 Å². The summed E-state index contributed by atoms with van der Waals surface area (Å²) in [6.07, 6.45) is 2.05. The molecular formula is C76H78N6O3S3. The highest BCUT2D eigenvalue weighted by molar-refractivity contribution is 7.19. The number of aryl methyl sites for hydroxylation is 16. The predicted octanol–water partition coefficient (Wildman–Crippen LogP) is 22.6. The molecule has 12 heteroatoms. The third kappa shape index (κ3) is 16.0. The van der Waals surface area contributed by atoms with E-state index < -0.39 is 0 Å². The van der Waals surface area contributed by atoms with Crippen LogP contribution in [0.2, 0.25) is 0 Å². The molecule has 0 bridgehead atoms. The second kappa shape index (κ2) is 28.7. The third-order valence-electron chi connectivity index (χ3n) is 14.7. The number of thiazole rings is 1. The normalized spacial score (nSPS) is 10.7. The summed E-state index contributed by atoms with van der Waals surface area (Å²) in [5.41, 5.74) is 18.5. The molecule has 0 aliphatic carbocycles. The van der Waals surface area contributed by atoms with Gasteiger partial charge in [0.05, 0.1) is 31.8 Å². The number of aromatic nitrogens is 6. The molecule has 8 aromatic carbocycles. The number of rotatable bonds is 0. The Morgan fingerprint density at radius 1 is 0.398 bits per heavy atom. The number of oxazole rings is 1. The number of aromatic amines is 1. The van der Waals surface area contributed by atoms with E-state index >= 15 is 0 Å². The zero-order valence-corrected chi connectivity index (χ0v) is 55.9. The summed E-state index contributed by atoms with van der Waals surface area (Å²) in [7, 11) is 1.94. The zero-order valence-electron chi connectivity index (χ0n) is 53.4. The fourth-order valence-electron chi connectivity index (χ4n) is 10.3. The van der Waals surface area contributed by atoms with Crippen molar-refractivity contribution in [2.24, 2.45) is 7.05 Å². The number of hydrogen-bond acceptors (Lipinski definition) is 10. The van der Waals surface area contributed by atoms with Crippen molar-refractivity contribution in [2.75, 3.05) is 0 Å². The van der Waals surface area contributed by atoms with E-state index in [0.29, 0.717) is 0 Å². The number of benzene rings is 8. The Hall–Kier alpha value is -8.94.